The van der Waals surface area contributed by atoms with E-state index in [2.05, 4.69) is 49.8 Å². The normalized spacial score (nSPS) is 16.6. The van der Waals surface area contributed by atoms with Crippen molar-refractivity contribution in [3.05, 3.63) is 34.3 Å². The van der Waals surface area contributed by atoms with Crippen LogP contribution in [0.3, 0.4) is 0 Å². The monoisotopic (exact) mass is 444 g/mol. The van der Waals surface area contributed by atoms with E-state index < -0.39 is 10.0 Å². The molecule has 146 valence electrons. The van der Waals surface area contributed by atoms with Crippen LogP contribution in [0.4, 0.5) is 0 Å². The molecule has 0 heterocycles. The maximum absolute atomic E-state index is 11.6. The number of hydrogen-bond acceptors (Lipinski definition) is 3. The quantitative estimate of drug-likeness (QED) is 0.348. The molecule has 0 amide bonds. The maximum atomic E-state index is 11.6. The third-order valence-electron chi connectivity index (χ3n) is 4.81. The first kappa shape index (κ1) is 21.2. The SMILES string of the molecule is CCN(CCCNC(=NC)NCC1(c2cccc(Br)c2)CC1)S(C)(=O)=O. The lowest BCUT2D eigenvalue weighted by Crippen LogP contribution is -2.42. The molecular weight excluding hydrogens is 416 g/mol. The highest BCUT2D eigenvalue weighted by molar-refractivity contribution is 9.10. The fourth-order valence-corrected chi connectivity index (χ4v) is 4.36. The van der Waals surface area contributed by atoms with Gasteiger partial charge in [0, 0.05) is 43.1 Å². The van der Waals surface area contributed by atoms with Gasteiger partial charge in [0.05, 0.1) is 6.26 Å². The predicted octanol–water partition coefficient (Wildman–Crippen LogP) is 2.32. The van der Waals surface area contributed by atoms with Gasteiger partial charge < -0.3 is 10.6 Å². The van der Waals surface area contributed by atoms with E-state index in [0.717, 1.165) is 23.4 Å². The highest BCUT2D eigenvalue weighted by atomic mass is 79.9. The average Bonchev–Trinajstić information content (AvgIpc) is 3.37. The number of nitrogens with zero attached hydrogens (tertiary/aromatic N) is 2. The molecule has 0 spiro atoms. The Morgan fingerprint density at radius 2 is 2.08 bits per heavy atom. The van der Waals surface area contributed by atoms with Crippen molar-refractivity contribution in [3.63, 3.8) is 0 Å². The Kier molecular flexibility index (Phi) is 7.49. The summed E-state index contributed by atoms with van der Waals surface area (Å²) < 4.78 is 25.8. The highest BCUT2D eigenvalue weighted by Crippen LogP contribution is 2.48. The van der Waals surface area contributed by atoms with Gasteiger partial charge in [0.2, 0.25) is 10.0 Å². The van der Waals surface area contributed by atoms with E-state index in [1.165, 1.54) is 29.0 Å². The Bertz CT molecular complexity index is 732. The fraction of sp³-hybridized carbons (Fsp3) is 0.611. The summed E-state index contributed by atoms with van der Waals surface area (Å²) in [7, 11) is -1.37. The van der Waals surface area contributed by atoms with Gasteiger partial charge >= 0.3 is 0 Å². The van der Waals surface area contributed by atoms with Gasteiger partial charge in [0.25, 0.3) is 0 Å². The lowest BCUT2D eigenvalue weighted by molar-refractivity contribution is 0.424. The van der Waals surface area contributed by atoms with Gasteiger partial charge in [-0.3, -0.25) is 4.99 Å². The first-order valence-corrected chi connectivity index (χ1v) is 11.6. The molecule has 2 rings (SSSR count). The molecule has 1 aliphatic rings. The molecule has 1 aliphatic carbocycles. The molecular formula is C18H29BrN4O2S. The van der Waals surface area contributed by atoms with E-state index in [4.69, 9.17) is 0 Å². The van der Waals surface area contributed by atoms with Crippen molar-refractivity contribution in [3.8, 4) is 0 Å². The van der Waals surface area contributed by atoms with Crippen molar-refractivity contribution < 1.29 is 8.42 Å². The third kappa shape index (κ3) is 5.96. The number of halogens is 1. The molecule has 1 aromatic carbocycles. The summed E-state index contributed by atoms with van der Waals surface area (Å²) in [5, 5.41) is 6.69. The molecule has 1 fully saturated rings. The van der Waals surface area contributed by atoms with E-state index in [-0.39, 0.29) is 5.41 Å². The second-order valence-electron chi connectivity index (χ2n) is 6.75. The molecule has 8 heteroatoms. The Balaban J connectivity index is 1.78. The van der Waals surface area contributed by atoms with Crippen LogP contribution in [0, 0.1) is 0 Å². The summed E-state index contributed by atoms with van der Waals surface area (Å²) in [6.07, 6.45) is 4.33. The fourth-order valence-electron chi connectivity index (χ4n) is 3.03. The van der Waals surface area contributed by atoms with Gasteiger partial charge in [-0.1, -0.05) is 35.0 Å². The molecule has 0 saturated heterocycles. The van der Waals surface area contributed by atoms with Crippen LogP contribution in [0.15, 0.2) is 33.7 Å². The van der Waals surface area contributed by atoms with Crippen LogP contribution in [-0.4, -0.2) is 58.2 Å². The van der Waals surface area contributed by atoms with E-state index in [0.29, 0.717) is 19.6 Å². The average molecular weight is 445 g/mol. The predicted molar refractivity (Wildman–Crippen MR) is 111 cm³/mol. The van der Waals surface area contributed by atoms with Crippen molar-refractivity contribution in [1.29, 1.82) is 0 Å². The summed E-state index contributed by atoms with van der Waals surface area (Å²) in [5.41, 5.74) is 1.54. The first-order valence-electron chi connectivity index (χ1n) is 8.96. The van der Waals surface area contributed by atoms with E-state index in [1.807, 2.05) is 13.0 Å². The van der Waals surface area contributed by atoms with Crippen molar-refractivity contribution in [2.24, 2.45) is 4.99 Å². The molecule has 0 aliphatic heterocycles. The summed E-state index contributed by atoms with van der Waals surface area (Å²) in [6.45, 7) is 4.39. The zero-order valence-electron chi connectivity index (χ0n) is 15.8. The summed E-state index contributed by atoms with van der Waals surface area (Å²) in [4.78, 5) is 4.27. The summed E-state index contributed by atoms with van der Waals surface area (Å²) >= 11 is 3.55. The molecule has 6 nitrogen and oxygen atoms in total. The Labute approximate surface area is 165 Å². The summed E-state index contributed by atoms with van der Waals surface area (Å²) in [6, 6.07) is 8.49. The smallest absolute Gasteiger partial charge is 0.211 e. The van der Waals surface area contributed by atoms with Gasteiger partial charge in [-0.2, -0.15) is 0 Å². The topological polar surface area (TPSA) is 73.8 Å². The Morgan fingerprint density at radius 1 is 1.35 bits per heavy atom. The minimum Gasteiger partial charge on any atom is -0.356 e. The molecule has 1 aromatic rings. The molecule has 2 N–H and O–H groups in total. The number of sulfonamides is 1. The van der Waals surface area contributed by atoms with Crippen molar-refractivity contribution in [2.75, 3.05) is 39.5 Å². The van der Waals surface area contributed by atoms with Crippen LogP contribution in [0.25, 0.3) is 0 Å². The van der Waals surface area contributed by atoms with Crippen LogP contribution in [0.5, 0.6) is 0 Å². The molecule has 0 radical (unpaired) electrons. The minimum absolute atomic E-state index is 0.191. The van der Waals surface area contributed by atoms with Crippen LogP contribution >= 0.6 is 15.9 Å². The second-order valence-corrected chi connectivity index (χ2v) is 9.65. The Hall–Kier alpha value is -1.12. The van der Waals surface area contributed by atoms with Crippen LogP contribution in [0.2, 0.25) is 0 Å². The van der Waals surface area contributed by atoms with Crippen LogP contribution < -0.4 is 10.6 Å². The third-order valence-corrected chi connectivity index (χ3v) is 6.68. The zero-order chi connectivity index (χ0) is 19.2. The Morgan fingerprint density at radius 3 is 2.62 bits per heavy atom. The molecule has 0 atom stereocenters. The second kappa shape index (κ2) is 9.19. The largest absolute Gasteiger partial charge is 0.356 e. The van der Waals surface area contributed by atoms with E-state index in [1.54, 1.807) is 7.05 Å². The summed E-state index contributed by atoms with van der Waals surface area (Å²) in [5.74, 6) is 0.758. The lowest BCUT2D eigenvalue weighted by atomic mass is 9.96. The number of rotatable bonds is 9. The van der Waals surface area contributed by atoms with Gasteiger partial charge in [-0.25, -0.2) is 12.7 Å². The van der Waals surface area contributed by atoms with Gasteiger partial charge in [-0.05, 0) is 37.0 Å². The molecule has 0 aromatic heterocycles. The van der Waals surface area contributed by atoms with Crippen LogP contribution in [0.1, 0.15) is 31.7 Å². The van der Waals surface area contributed by atoms with Gasteiger partial charge in [-0.15, -0.1) is 0 Å². The van der Waals surface area contributed by atoms with E-state index in [9.17, 15) is 8.42 Å². The molecule has 0 bridgehead atoms. The van der Waals surface area contributed by atoms with E-state index >= 15 is 0 Å². The first-order chi connectivity index (χ1) is 12.3. The van der Waals surface area contributed by atoms with Crippen molar-refractivity contribution in [2.45, 2.75) is 31.6 Å². The molecule has 1 saturated carbocycles. The molecule has 26 heavy (non-hydrogen) atoms. The molecule has 0 unspecified atom stereocenters. The number of aliphatic imine (C=N–C) groups is 1. The number of guanidine groups is 1. The minimum atomic E-state index is -3.12. The van der Waals surface area contributed by atoms with Crippen LogP contribution in [-0.2, 0) is 15.4 Å². The van der Waals surface area contributed by atoms with Gasteiger partial charge in [0.1, 0.15) is 0 Å². The highest BCUT2D eigenvalue weighted by Gasteiger charge is 2.44. The van der Waals surface area contributed by atoms with Crippen molar-refractivity contribution >= 4 is 31.9 Å². The maximum Gasteiger partial charge on any atom is 0.211 e. The lowest BCUT2D eigenvalue weighted by Gasteiger charge is -2.20. The standard InChI is InChI=1S/C18H29BrN4O2S/c1-4-23(26(3,24)25)12-6-11-21-17(20-2)22-14-18(9-10-18)15-7-5-8-16(19)13-15/h5,7-8,13H,4,6,9-12,14H2,1-3H3,(H2,20,21,22). The van der Waals surface area contributed by atoms with Gasteiger partial charge in [0.15, 0.2) is 5.96 Å². The zero-order valence-corrected chi connectivity index (χ0v) is 18.2. The number of benzene rings is 1. The van der Waals surface area contributed by atoms with Crippen molar-refractivity contribution in [1.82, 2.24) is 14.9 Å². The number of nitrogens with one attached hydrogen (secondary N) is 2. The number of hydrogen-bond donors (Lipinski definition) is 2.